The van der Waals surface area contributed by atoms with Crippen LogP contribution in [0.3, 0.4) is 0 Å². The van der Waals surface area contributed by atoms with Gasteiger partial charge in [-0.05, 0) is 43.7 Å². The van der Waals surface area contributed by atoms with Gasteiger partial charge in [-0.15, -0.1) is 0 Å². The summed E-state index contributed by atoms with van der Waals surface area (Å²) in [5.41, 5.74) is 1.34. The van der Waals surface area contributed by atoms with Crippen LogP contribution in [-0.4, -0.2) is 24.9 Å². The van der Waals surface area contributed by atoms with Gasteiger partial charge in [0, 0.05) is 17.1 Å². The average Bonchev–Trinajstić information content (AvgIpc) is 2.60. The van der Waals surface area contributed by atoms with Crippen molar-refractivity contribution in [1.82, 2.24) is 5.32 Å². The highest BCUT2D eigenvalue weighted by Crippen LogP contribution is 2.29. The summed E-state index contributed by atoms with van der Waals surface area (Å²) in [5.74, 6) is 0.444. The van der Waals surface area contributed by atoms with E-state index in [9.17, 15) is 9.59 Å². The molecular weight excluding hydrogens is 342 g/mol. The summed E-state index contributed by atoms with van der Waals surface area (Å²) in [4.78, 5) is 23.7. The number of hydrogen-bond donors (Lipinski definition) is 1. The summed E-state index contributed by atoms with van der Waals surface area (Å²) in [7, 11) is 1.48. The SMILES string of the molecule is COc1cc(C(C)=O)ccc1OC(C)C(=O)NCc1ccccc1Cl. The van der Waals surface area contributed by atoms with Crippen molar-refractivity contribution in [2.45, 2.75) is 26.5 Å². The maximum atomic E-state index is 12.2. The van der Waals surface area contributed by atoms with Gasteiger partial charge in [0.05, 0.1) is 7.11 Å². The van der Waals surface area contributed by atoms with Crippen molar-refractivity contribution < 1.29 is 19.1 Å². The fraction of sp³-hybridized carbons (Fsp3) is 0.263. The molecule has 0 radical (unpaired) electrons. The Morgan fingerprint density at radius 3 is 2.52 bits per heavy atom. The molecule has 0 saturated carbocycles. The normalized spacial score (nSPS) is 11.5. The number of ketones is 1. The van der Waals surface area contributed by atoms with E-state index in [1.54, 1.807) is 31.2 Å². The molecule has 0 heterocycles. The van der Waals surface area contributed by atoms with E-state index in [4.69, 9.17) is 21.1 Å². The molecule has 2 aromatic carbocycles. The molecule has 0 aromatic heterocycles. The van der Waals surface area contributed by atoms with Crippen LogP contribution in [0, 0.1) is 0 Å². The monoisotopic (exact) mass is 361 g/mol. The van der Waals surface area contributed by atoms with E-state index in [1.807, 2.05) is 18.2 Å². The maximum absolute atomic E-state index is 12.2. The second kappa shape index (κ2) is 8.53. The predicted molar refractivity (Wildman–Crippen MR) is 96.4 cm³/mol. The van der Waals surface area contributed by atoms with E-state index < -0.39 is 6.10 Å². The first-order valence-electron chi connectivity index (χ1n) is 7.79. The molecule has 25 heavy (non-hydrogen) atoms. The molecule has 6 heteroatoms. The topological polar surface area (TPSA) is 64.6 Å². The molecule has 132 valence electrons. The van der Waals surface area contributed by atoms with Gasteiger partial charge in [-0.1, -0.05) is 29.8 Å². The first kappa shape index (κ1) is 18.8. The largest absolute Gasteiger partial charge is 0.493 e. The molecule has 1 atom stereocenters. The summed E-state index contributed by atoms with van der Waals surface area (Å²) >= 11 is 6.07. The van der Waals surface area contributed by atoms with Crippen LogP contribution >= 0.6 is 11.6 Å². The number of Topliss-reactive ketones (excluding diaryl/α,β-unsaturated/α-hetero) is 1. The summed E-state index contributed by atoms with van der Waals surface area (Å²) < 4.78 is 10.9. The molecular formula is C19H20ClNO4. The van der Waals surface area contributed by atoms with E-state index in [0.717, 1.165) is 5.56 Å². The summed E-state index contributed by atoms with van der Waals surface area (Å²) in [5, 5.41) is 3.38. The Hall–Kier alpha value is -2.53. The van der Waals surface area contributed by atoms with Crippen LogP contribution in [0.2, 0.25) is 5.02 Å². The van der Waals surface area contributed by atoms with Gasteiger partial charge in [0.2, 0.25) is 0 Å². The molecule has 2 rings (SSSR count). The number of nitrogens with one attached hydrogen (secondary N) is 1. The van der Waals surface area contributed by atoms with Gasteiger partial charge in [0.15, 0.2) is 23.4 Å². The number of ether oxygens (including phenoxy) is 2. The lowest BCUT2D eigenvalue weighted by atomic mass is 10.1. The van der Waals surface area contributed by atoms with Crippen LogP contribution in [0.15, 0.2) is 42.5 Å². The number of benzene rings is 2. The highest BCUT2D eigenvalue weighted by atomic mass is 35.5. The number of amides is 1. The highest BCUT2D eigenvalue weighted by molar-refractivity contribution is 6.31. The molecule has 2 aromatic rings. The minimum absolute atomic E-state index is 0.0737. The first-order valence-corrected chi connectivity index (χ1v) is 8.17. The first-order chi connectivity index (χ1) is 11.9. The van der Waals surface area contributed by atoms with Crippen molar-refractivity contribution in [2.75, 3.05) is 7.11 Å². The van der Waals surface area contributed by atoms with Gasteiger partial charge >= 0.3 is 0 Å². The number of rotatable bonds is 7. The van der Waals surface area contributed by atoms with E-state index in [2.05, 4.69) is 5.32 Å². The summed E-state index contributed by atoms with van der Waals surface area (Å²) in [6.07, 6.45) is -0.737. The third kappa shape index (κ3) is 4.97. The zero-order valence-electron chi connectivity index (χ0n) is 14.3. The molecule has 0 aliphatic heterocycles. The van der Waals surface area contributed by atoms with Crippen LogP contribution in [0.5, 0.6) is 11.5 Å². The number of methoxy groups -OCH3 is 1. The predicted octanol–water partition coefficient (Wildman–Crippen LogP) is 3.63. The van der Waals surface area contributed by atoms with Crippen molar-refractivity contribution in [1.29, 1.82) is 0 Å². The second-order valence-corrected chi connectivity index (χ2v) is 5.90. The van der Waals surface area contributed by atoms with Crippen molar-refractivity contribution >= 4 is 23.3 Å². The van der Waals surface area contributed by atoms with Crippen molar-refractivity contribution in [3.8, 4) is 11.5 Å². The quantitative estimate of drug-likeness (QED) is 0.765. The Labute approximate surface area is 151 Å². The van der Waals surface area contributed by atoms with Crippen LogP contribution in [0.4, 0.5) is 0 Å². The van der Waals surface area contributed by atoms with Crippen LogP contribution in [-0.2, 0) is 11.3 Å². The van der Waals surface area contributed by atoms with Crippen molar-refractivity contribution in [2.24, 2.45) is 0 Å². The van der Waals surface area contributed by atoms with Gasteiger partial charge < -0.3 is 14.8 Å². The fourth-order valence-electron chi connectivity index (χ4n) is 2.20. The van der Waals surface area contributed by atoms with Gasteiger partial charge in [0.1, 0.15) is 0 Å². The molecule has 5 nitrogen and oxygen atoms in total. The molecule has 1 amide bonds. The Morgan fingerprint density at radius 1 is 1.16 bits per heavy atom. The molecule has 1 N–H and O–H groups in total. The molecule has 0 aliphatic carbocycles. The van der Waals surface area contributed by atoms with Crippen LogP contribution in [0.1, 0.15) is 29.8 Å². The molecule has 0 saturated heterocycles. The van der Waals surface area contributed by atoms with E-state index >= 15 is 0 Å². The minimum atomic E-state index is -0.737. The lowest BCUT2D eigenvalue weighted by Crippen LogP contribution is -2.36. The minimum Gasteiger partial charge on any atom is -0.493 e. The number of halogens is 1. The van der Waals surface area contributed by atoms with Gasteiger partial charge in [-0.25, -0.2) is 0 Å². The molecule has 0 spiro atoms. The average molecular weight is 362 g/mol. The fourth-order valence-corrected chi connectivity index (χ4v) is 2.40. The molecule has 0 bridgehead atoms. The Balaban J connectivity index is 2.01. The van der Waals surface area contributed by atoms with Crippen molar-refractivity contribution in [3.63, 3.8) is 0 Å². The van der Waals surface area contributed by atoms with E-state index in [1.165, 1.54) is 14.0 Å². The third-order valence-electron chi connectivity index (χ3n) is 3.65. The zero-order valence-corrected chi connectivity index (χ0v) is 15.1. The van der Waals surface area contributed by atoms with Gasteiger partial charge in [-0.3, -0.25) is 9.59 Å². The van der Waals surface area contributed by atoms with Crippen molar-refractivity contribution in [3.05, 3.63) is 58.6 Å². The number of hydrogen-bond acceptors (Lipinski definition) is 4. The van der Waals surface area contributed by atoms with Gasteiger partial charge in [0.25, 0.3) is 5.91 Å². The van der Waals surface area contributed by atoms with Crippen LogP contribution < -0.4 is 14.8 Å². The standard InChI is InChI=1S/C19H20ClNO4/c1-12(22)14-8-9-17(18(10-14)24-3)25-13(2)19(23)21-11-15-6-4-5-7-16(15)20/h4-10,13H,11H2,1-3H3,(H,21,23). The second-order valence-electron chi connectivity index (χ2n) is 5.49. The third-order valence-corrected chi connectivity index (χ3v) is 4.02. The molecule has 0 fully saturated rings. The Bertz CT molecular complexity index is 776. The Kier molecular flexibility index (Phi) is 6.42. The smallest absolute Gasteiger partial charge is 0.261 e. The Morgan fingerprint density at radius 2 is 1.88 bits per heavy atom. The number of carbonyl (C=O) groups excluding carboxylic acids is 2. The molecule has 0 aliphatic rings. The zero-order chi connectivity index (χ0) is 18.4. The van der Waals surface area contributed by atoms with E-state index in [0.29, 0.717) is 28.6 Å². The van der Waals surface area contributed by atoms with Gasteiger partial charge in [-0.2, -0.15) is 0 Å². The number of carbonyl (C=O) groups is 2. The lowest BCUT2D eigenvalue weighted by molar-refractivity contribution is -0.127. The highest BCUT2D eigenvalue weighted by Gasteiger charge is 2.17. The van der Waals surface area contributed by atoms with E-state index in [-0.39, 0.29) is 11.7 Å². The van der Waals surface area contributed by atoms with Crippen LogP contribution in [0.25, 0.3) is 0 Å². The summed E-state index contributed by atoms with van der Waals surface area (Å²) in [6.45, 7) is 3.42. The molecule has 1 unspecified atom stereocenters. The maximum Gasteiger partial charge on any atom is 0.261 e. The lowest BCUT2D eigenvalue weighted by Gasteiger charge is -2.17. The summed E-state index contributed by atoms with van der Waals surface area (Å²) in [6, 6.07) is 12.1.